The van der Waals surface area contributed by atoms with Crippen molar-refractivity contribution in [2.45, 2.75) is 20.8 Å². The van der Waals surface area contributed by atoms with Crippen LogP contribution in [0.15, 0.2) is 164 Å². The van der Waals surface area contributed by atoms with Gasteiger partial charge in [0.2, 0.25) is 17.8 Å². The van der Waals surface area contributed by atoms with Gasteiger partial charge in [-0.3, -0.25) is 14.7 Å². The molecule has 0 aliphatic heterocycles. The fourth-order valence-corrected chi connectivity index (χ4v) is 5.90. The van der Waals surface area contributed by atoms with E-state index < -0.39 is 0 Å². The molecule has 0 aliphatic carbocycles. The molecule has 1 aromatic heterocycles. The van der Waals surface area contributed by atoms with E-state index in [2.05, 4.69) is 145 Å². The summed E-state index contributed by atoms with van der Waals surface area (Å²) in [5.41, 5.74) is 9.08. The van der Waals surface area contributed by atoms with Crippen LogP contribution in [-0.2, 0) is 0 Å². The highest BCUT2D eigenvalue weighted by Crippen LogP contribution is 2.42. The average Bonchev–Trinajstić information content (AvgIpc) is 3.13. The monoisotopic (exact) mass is 624 g/mol. The molecule has 7 rings (SSSR count). The zero-order valence-electron chi connectivity index (χ0n) is 27.3. The maximum Gasteiger partial charge on any atom is 0.241 e. The molecule has 48 heavy (non-hydrogen) atoms. The number of aromatic nitrogens is 3. The molecule has 0 amide bonds. The van der Waals surface area contributed by atoms with Gasteiger partial charge in [-0.05, 0) is 92.1 Å². The van der Waals surface area contributed by atoms with Crippen LogP contribution in [0.5, 0.6) is 0 Å². The van der Waals surface area contributed by atoms with E-state index in [-0.39, 0.29) is 0 Å². The van der Waals surface area contributed by atoms with E-state index in [1.165, 1.54) is 0 Å². The summed E-state index contributed by atoms with van der Waals surface area (Å²) in [4.78, 5) is 22.3. The van der Waals surface area contributed by atoms with Crippen LogP contribution in [-0.4, -0.2) is 15.0 Å². The third-order valence-corrected chi connectivity index (χ3v) is 8.31. The summed E-state index contributed by atoms with van der Waals surface area (Å²) in [5, 5.41) is 0. The van der Waals surface area contributed by atoms with E-state index in [0.717, 1.165) is 50.8 Å². The molecule has 6 aromatic carbocycles. The minimum atomic E-state index is 0.500. The van der Waals surface area contributed by atoms with E-state index in [9.17, 15) is 0 Å². The van der Waals surface area contributed by atoms with Crippen LogP contribution in [0, 0.1) is 20.8 Å². The summed E-state index contributed by atoms with van der Waals surface area (Å²) in [6, 6.07) is 55.8. The van der Waals surface area contributed by atoms with E-state index in [1.54, 1.807) is 0 Å². The molecule has 0 aliphatic rings. The normalized spacial score (nSPS) is 10.8. The Bertz CT molecular complexity index is 1880. The molecule has 0 radical (unpaired) electrons. The molecular formula is C42H36N6. The largest absolute Gasteiger partial charge is 0.279 e. The lowest BCUT2D eigenvalue weighted by Crippen LogP contribution is -2.23. The number of nitrogens with zero attached hydrogens (tertiary/aromatic N) is 6. The van der Waals surface area contributed by atoms with Crippen molar-refractivity contribution in [3.05, 3.63) is 180 Å². The van der Waals surface area contributed by atoms with Crippen molar-refractivity contribution in [1.82, 2.24) is 15.0 Å². The quantitative estimate of drug-likeness (QED) is 0.159. The van der Waals surface area contributed by atoms with Crippen LogP contribution in [0.1, 0.15) is 16.7 Å². The Morgan fingerprint density at radius 1 is 0.292 bits per heavy atom. The molecule has 0 fully saturated rings. The lowest BCUT2D eigenvalue weighted by Gasteiger charge is -2.31. The highest BCUT2D eigenvalue weighted by atomic mass is 15.4. The second-order valence-corrected chi connectivity index (χ2v) is 11.6. The standard InChI is InChI=1S/C42H36N6/c1-31-19-13-16-28-37(31)46(34-22-7-4-8-23-34)40-43-41(47(35-24-9-5-10-25-35)38-29-17-14-20-32(38)2)45-42(44-40)48(36-26-11-6-12-27-36)39-30-18-15-21-33(39)3/h4-30H,1-3H3. The van der Waals surface area contributed by atoms with Gasteiger partial charge in [0, 0.05) is 17.1 Å². The number of benzene rings is 6. The van der Waals surface area contributed by atoms with Crippen LogP contribution in [0.2, 0.25) is 0 Å². The number of para-hydroxylation sites is 6. The van der Waals surface area contributed by atoms with Crippen LogP contribution in [0.3, 0.4) is 0 Å². The van der Waals surface area contributed by atoms with Crippen molar-refractivity contribution < 1.29 is 0 Å². The van der Waals surface area contributed by atoms with Crippen molar-refractivity contribution in [2.24, 2.45) is 0 Å². The first-order chi connectivity index (χ1) is 23.6. The molecule has 0 saturated carbocycles. The fraction of sp³-hybridized carbons (Fsp3) is 0.0714. The minimum Gasteiger partial charge on any atom is -0.279 e. The molecule has 6 nitrogen and oxygen atoms in total. The zero-order chi connectivity index (χ0) is 32.9. The first kappa shape index (κ1) is 30.4. The van der Waals surface area contributed by atoms with Crippen LogP contribution in [0.25, 0.3) is 0 Å². The topological polar surface area (TPSA) is 48.4 Å². The minimum absolute atomic E-state index is 0.500. The summed E-state index contributed by atoms with van der Waals surface area (Å²) in [6.07, 6.45) is 0. The Morgan fingerprint density at radius 3 is 0.771 bits per heavy atom. The Morgan fingerprint density at radius 2 is 0.521 bits per heavy atom. The average molecular weight is 625 g/mol. The summed E-state index contributed by atoms with van der Waals surface area (Å²) in [5.74, 6) is 1.50. The van der Waals surface area contributed by atoms with Gasteiger partial charge in [-0.2, -0.15) is 15.0 Å². The van der Waals surface area contributed by atoms with Gasteiger partial charge >= 0.3 is 0 Å². The highest BCUT2D eigenvalue weighted by Gasteiger charge is 2.27. The van der Waals surface area contributed by atoms with Crippen LogP contribution in [0.4, 0.5) is 52.0 Å². The second-order valence-electron chi connectivity index (χ2n) is 11.6. The SMILES string of the molecule is Cc1ccccc1N(c1ccccc1)c1nc(N(c2ccccc2)c2ccccc2C)nc(N(c2ccccc2)c2ccccc2C)n1. The summed E-state index contributed by atoms with van der Waals surface area (Å²) in [7, 11) is 0. The predicted molar refractivity (Wildman–Crippen MR) is 198 cm³/mol. The molecule has 0 bridgehead atoms. The molecule has 1 heterocycles. The van der Waals surface area contributed by atoms with Crippen LogP contribution < -0.4 is 14.7 Å². The summed E-state index contributed by atoms with van der Waals surface area (Å²) < 4.78 is 0. The highest BCUT2D eigenvalue weighted by molar-refractivity contribution is 5.81. The number of aryl methyl sites for hydroxylation is 3. The molecule has 0 unspecified atom stereocenters. The maximum atomic E-state index is 5.32. The Hall–Kier alpha value is -6.27. The fourth-order valence-electron chi connectivity index (χ4n) is 5.90. The van der Waals surface area contributed by atoms with Gasteiger partial charge in [-0.25, -0.2) is 0 Å². The molecule has 0 spiro atoms. The molecule has 6 heteroatoms. The van der Waals surface area contributed by atoms with Gasteiger partial charge in [0.25, 0.3) is 0 Å². The lowest BCUT2D eigenvalue weighted by atomic mass is 10.1. The van der Waals surface area contributed by atoms with E-state index in [0.29, 0.717) is 17.8 Å². The molecule has 7 aromatic rings. The predicted octanol–water partition coefficient (Wildman–Crippen LogP) is 11.2. The van der Waals surface area contributed by atoms with Crippen molar-refractivity contribution in [1.29, 1.82) is 0 Å². The van der Waals surface area contributed by atoms with Gasteiger partial charge in [0.1, 0.15) is 0 Å². The van der Waals surface area contributed by atoms with E-state index in [1.807, 2.05) is 54.6 Å². The van der Waals surface area contributed by atoms with Gasteiger partial charge in [0.05, 0.1) is 17.1 Å². The molecule has 234 valence electrons. The van der Waals surface area contributed by atoms with Gasteiger partial charge in [0.15, 0.2) is 0 Å². The smallest absolute Gasteiger partial charge is 0.241 e. The van der Waals surface area contributed by atoms with Gasteiger partial charge < -0.3 is 0 Å². The Balaban J connectivity index is 1.57. The van der Waals surface area contributed by atoms with E-state index >= 15 is 0 Å². The first-order valence-corrected chi connectivity index (χ1v) is 16.1. The van der Waals surface area contributed by atoms with Crippen molar-refractivity contribution in [3.8, 4) is 0 Å². The Kier molecular flexibility index (Phi) is 8.62. The molecule has 0 saturated heterocycles. The van der Waals surface area contributed by atoms with Gasteiger partial charge in [-0.15, -0.1) is 0 Å². The number of hydrogen-bond acceptors (Lipinski definition) is 6. The third-order valence-electron chi connectivity index (χ3n) is 8.31. The first-order valence-electron chi connectivity index (χ1n) is 16.1. The molecular weight excluding hydrogens is 589 g/mol. The molecule has 0 atom stereocenters. The maximum absolute atomic E-state index is 5.32. The van der Waals surface area contributed by atoms with Crippen LogP contribution >= 0.6 is 0 Å². The summed E-state index contributed by atoms with van der Waals surface area (Å²) >= 11 is 0. The van der Waals surface area contributed by atoms with E-state index in [4.69, 9.17) is 15.0 Å². The summed E-state index contributed by atoms with van der Waals surface area (Å²) in [6.45, 7) is 6.34. The number of rotatable bonds is 9. The number of hydrogen-bond donors (Lipinski definition) is 0. The zero-order valence-corrected chi connectivity index (χ0v) is 27.3. The second kappa shape index (κ2) is 13.6. The van der Waals surface area contributed by atoms with Crippen molar-refractivity contribution >= 4 is 52.0 Å². The van der Waals surface area contributed by atoms with Gasteiger partial charge in [-0.1, -0.05) is 109 Å². The van der Waals surface area contributed by atoms with Crippen molar-refractivity contribution in [3.63, 3.8) is 0 Å². The lowest BCUT2D eigenvalue weighted by molar-refractivity contribution is 0.958. The number of anilines is 9. The molecule has 0 N–H and O–H groups in total. The third kappa shape index (κ3) is 6.11. The van der Waals surface area contributed by atoms with Crippen molar-refractivity contribution in [2.75, 3.05) is 14.7 Å². The Labute approximate surface area is 282 Å².